The van der Waals surface area contributed by atoms with E-state index < -0.39 is 11.7 Å². The van der Waals surface area contributed by atoms with E-state index in [1.54, 1.807) is 23.1 Å². The Kier molecular flexibility index (Phi) is 4.62. The van der Waals surface area contributed by atoms with Gasteiger partial charge in [0.15, 0.2) is 5.76 Å². The van der Waals surface area contributed by atoms with Gasteiger partial charge >= 0.3 is 6.18 Å². The van der Waals surface area contributed by atoms with E-state index in [0.717, 1.165) is 11.0 Å². The van der Waals surface area contributed by atoms with Crippen molar-refractivity contribution in [2.45, 2.75) is 12.7 Å². The standard InChI is InChI=1S/C17H17F3N2O2/c18-17(19,20)14-5-2-1-4-13(14)12-21-7-9-22(10-8-21)16(23)15-6-3-11-24-15/h1-6,11H,7-10,12H2/p+1. The van der Waals surface area contributed by atoms with Gasteiger partial charge in [-0.1, -0.05) is 18.2 Å². The largest absolute Gasteiger partial charge is 0.459 e. The number of quaternary nitrogens is 1. The van der Waals surface area contributed by atoms with Crippen LogP contribution in [0.2, 0.25) is 0 Å². The quantitative estimate of drug-likeness (QED) is 0.927. The average Bonchev–Trinajstić information content (AvgIpc) is 3.09. The summed E-state index contributed by atoms with van der Waals surface area (Å²) < 4.78 is 44.3. The zero-order chi connectivity index (χ0) is 17.2. The van der Waals surface area contributed by atoms with Crippen LogP contribution in [0.15, 0.2) is 47.1 Å². The van der Waals surface area contributed by atoms with Crippen LogP contribution in [0.25, 0.3) is 0 Å². The second-order valence-electron chi connectivity index (χ2n) is 5.85. The van der Waals surface area contributed by atoms with E-state index in [0.29, 0.717) is 44.0 Å². The van der Waals surface area contributed by atoms with Gasteiger partial charge in [0.2, 0.25) is 0 Å². The van der Waals surface area contributed by atoms with Crippen LogP contribution in [-0.2, 0) is 12.7 Å². The fourth-order valence-corrected chi connectivity index (χ4v) is 2.98. The number of hydrogen-bond donors (Lipinski definition) is 1. The Morgan fingerprint density at radius 3 is 2.46 bits per heavy atom. The van der Waals surface area contributed by atoms with Gasteiger partial charge in [0, 0.05) is 5.56 Å². The molecule has 7 heteroatoms. The Bertz CT molecular complexity index is 690. The first kappa shape index (κ1) is 16.6. The summed E-state index contributed by atoms with van der Waals surface area (Å²) in [5.41, 5.74) is -0.280. The highest BCUT2D eigenvalue weighted by atomic mass is 19.4. The van der Waals surface area contributed by atoms with E-state index in [1.807, 2.05) is 0 Å². The first-order valence-electron chi connectivity index (χ1n) is 7.76. The lowest BCUT2D eigenvalue weighted by Crippen LogP contribution is -3.13. The number of carbonyl (C=O) groups is 1. The number of nitrogens with one attached hydrogen (secondary N) is 1. The van der Waals surface area contributed by atoms with Crippen molar-refractivity contribution in [2.24, 2.45) is 0 Å². The van der Waals surface area contributed by atoms with Gasteiger partial charge in [0.25, 0.3) is 5.91 Å². The Morgan fingerprint density at radius 1 is 1.12 bits per heavy atom. The summed E-state index contributed by atoms with van der Waals surface area (Å²) >= 11 is 0. The van der Waals surface area contributed by atoms with E-state index in [2.05, 4.69) is 0 Å². The minimum absolute atomic E-state index is 0.172. The van der Waals surface area contributed by atoms with Crippen LogP contribution in [-0.4, -0.2) is 37.0 Å². The third kappa shape index (κ3) is 3.62. The SMILES string of the molecule is O=C(c1ccco1)N1CC[NH+](Cc2ccccc2C(F)(F)F)CC1. The molecule has 1 saturated heterocycles. The maximum Gasteiger partial charge on any atom is 0.416 e. The maximum absolute atomic E-state index is 13.1. The molecule has 0 saturated carbocycles. The van der Waals surface area contributed by atoms with E-state index in [1.165, 1.54) is 18.4 Å². The molecule has 1 aromatic heterocycles. The molecule has 1 amide bonds. The number of hydrogen-bond acceptors (Lipinski definition) is 2. The molecule has 2 aromatic rings. The van der Waals surface area contributed by atoms with E-state index in [4.69, 9.17) is 4.42 Å². The van der Waals surface area contributed by atoms with Gasteiger partial charge < -0.3 is 14.2 Å². The molecule has 1 aliphatic rings. The summed E-state index contributed by atoms with van der Waals surface area (Å²) in [6.45, 7) is 2.53. The van der Waals surface area contributed by atoms with Crippen LogP contribution < -0.4 is 4.90 Å². The van der Waals surface area contributed by atoms with Gasteiger partial charge in [0.1, 0.15) is 6.54 Å². The number of furan rings is 1. The second-order valence-corrected chi connectivity index (χ2v) is 5.85. The Labute approximate surface area is 137 Å². The first-order chi connectivity index (χ1) is 11.4. The number of nitrogens with zero attached hydrogens (tertiary/aromatic N) is 1. The lowest BCUT2D eigenvalue weighted by molar-refractivity contribution is -0.917. The van der Waals surface area contributed by atoms with Crippen LogP contribution in [0, 0.1) is 0 Å². The summed E-state index contributed by atoms with van der Waals surface area (Å²) in [7, 11) is 0. The van der Waals surface area contributed by atoms with Gasteiger partial charge in [-0.15, -0.1) is 0 Å². The lowest BCUT2D eigenvalue weighted by Gasteiger charge is -2.32. The van der Waals surface area contributed by atoms with E-state index in [-0.39, 0.29) is 5.91 Å². The molecular weight excluding hydrogens is 321 g/mol. The Morgan fingerprint density at radius 2 is 1.83 bits per heavy atom. The van der Waals surface area contributed by atoms with E-state index in [9.17, 15) is 18.0 Å². The van der Waals surface area contributed by atoms with Crippen molar-refractivity contribution in [3.05, 3.63) is 59.5 Å². The van der Waals surface area contributed by atoms with E-state index >= 15 is 0 Å². The van der Waals surface area contributed by atoms with Crippen LogP contribution in [0.5, 0.6) is 0 Å². The number of benzene rings is 1. The molecule has 24 heavy (non-hydrogen) atoms. The number of alkyl halides is 3. The Hall–Kier alpha value is -2.28. The zero-order valence-electron chi connectivity index (χ0n) is 13.0. The molecule has 1 aliphatic heterocycles. The average molecular weight is 339 g/mol. The number of amides is 1. The van der Waals surface area contributed by atoms with Crippen LogP contribution >= 0.6 is 0 Å². The van der Waals surface area contributed by atoms with Crippen molar-refractivity contribution < 1.29 is 27.3 Å². The smallest absolute Gasteiger partial charge is 0.416 e. The summed E-state index contributed by atoms with van der Waals surface area (Å²) in [6, 6.07) is 8.94. The molecule has 0 bridgehead atoms. The predicted molar refractivity (Wildman–Crippen MR) is 80.5 cm³/mol. The van der Waals surface area contributed by atoms with Crippen LogP contribution in [0.1, 0.15) is 21.7 Å². The molecule has 4 nitrogen and oxygen atoms in total. The monoisotopic (exact) mass is 339 g/mol. The van der Waals surface area contributed by atoms with Crippen molar-refractivity contribution in [3.63, 3.8) is 0 Å². The molecule has 2 heterocycles. The molecule has 3 rings (SSSR count). The summed E-state index contributed by atoms with van der Waals surface area (Å²) in [5.74, 6) is 0.121. The molecule has 0 atom stereocenters. The van der Waals surface area contributed by atoms with Crippen molar-refractivity contribution in [1.82, 2.24) is 4.90 Å². The third-order valence-electron chi connectivity index (χ3n) is 4.25. The second kappa shape index (κ2) is 6.68. The van der Waals surface area contributed by atoms with Gasteiger partial charge in [-0.3, -0.25) is 4.79 Å². The van der Waals surface area contributed by atoms with Gasteiger partial charge in [-0.25, -0.2) is 0 Å². The molecule has 0 radical (unpaired) electrons. The number of halogens is 3. The molecule has 0 unspecified atom stereocenters. The molecule has 128 valence electrons. The number of rotatable bonds is 3. The zero-order valence-corrected chi connectivity index (χ0v) is 13.0. The maximum atomic E-state index is 13.1. The summed E-state index contributed by atoms with van der Waals surface area (Å²) in [6.07, 6.45) is -2.89. The first-order valence-corrected chi connectivity index (χ1v) is 7.76. The van der Waals surface area contributed by atoms with Crippen molar-refractivity contribution in [2.75, 3.05) is 26.2 Å². The van der Waals surface area contributed by atoms with Gasteiger partial charge in [-0.05, 0) is 18.2 Å². The highest BCUT2D eigenvalue weighted by Gasteiger charge is 2.34. The molecule has 1 N–H and O–H groups in total. The van der Waals surface area contributed by atoms with Crippen molar-refractivity contribution in [1.29, 1.82) is 0 Å². The van der Waals surface area contributed by atoms with Gasteiger partial charge in [-0.2, -0.15) is 13.2 Å². The third-order valence-corrected chi connectivity index (χ3v) is 4.25. The highest BCUT2D eigenvalue weighted by Crippen LogP contribution is 2.31. The van der Waals surface area contributed by atoms with Crippen LogP contribution in [0.4, 0.5) is 13.2 Å². The summed E-state index contributed by atoms with van der Waals surface area (Å²) in [4.78, 5) is 14.9. The van der Waals surface area contributed by atoms with Gasteiger partial charge in [0.05, 0.1) is 38.0 Å². The predicted octanol–water partition coefficient (Wildman–Crippen LogP) is 1.84. The topological polar surface area (TPSA) is 37.9 Å². The minimum Gasteiger partial charge on any atom is -0.459 e. The van der Waals surface area contributed by atoms with Crippen molar-refractivity contribution >= 4 is 5.91 Å². The highest BCUT2D eigenvalue weighted by molar-refractivity contribution is 5.91. The fourth-order valence-electron chi connectivity index (χ4n) is 2.98. The molecule has 1 aromatic carbocycles. The van der Waals surface area contributed by atoms with Crippen LogP contribution in [0.3, 0.4) is 0 Å². The number of piperazine rings is 1. The molecule has 0 spiro atoms. The normalized spacial score (nSPS) is 16.4. The fraction of sp³-hybridized carbons (Fsp3) is 0.353. The molecular formula is C17H18F3N2O2+. The molecule has 1 fully saturated rings. The lowest BCUT2D eigenvalue weighted by atomic mass is 10.1. The minimum atomic E-state index is -4.34. The van der Waals surface area contributed by atoms with Crippen molar-refractivity contribution in [3.8, 4) is 0 Å². The Balaban J connectivity index is 1.61. The number of carbonyl (C=O) groups excluding carboxylic acids is 1. The summed E-state index contributed by atoms with van der Waals surface area (Å²) in [5, 5.41) is 0. The molecule has 0 aliphatic carbocycles.